The van der Waals surface area contributed by atoms with Crippen molar-refractivity contribution in [1.82, 2.24) is 0 Å². The Balaban J connectivity index is 0.000000443. The summed E-state index contributed by atoms with van der Waals surface area (Å²) in [7, 11) is 0. The molecule has 0 spiro atoms. The quantitative estimate of drug-likeness (QED) is 0.631. The van der Waals surface area contributed by atoms with Gasteiger partial charge in [0, 0.05) is 28.7 Å². The largest absolute Gasteiger partial charge is 0.550 e. The molecule has 0 aliphatic heterocycles. The topological polar surface area (TPSA) is 80.3 Å². The monoisotopic (exact) mass is 397 g/mol. The molecule has 0 aromatic rings. The van der Waals surface area contributed by atoms with Crippen molar-refractivity contribution >= 4 is 11.9 Å². The molecule has 2 saturated carbocycles. The zero-order valence-corrected chi connectivity index (χ0v) is 16.5. The van der Waals surface area contributed by atoms with Crippen molar-refractivity contribution in [1.29, 1.82) is 0 Å². The maximum absolute atomic E-state index is 10.1. The van der Waals surface area contributed by atoms with Gasteiger partial charge in [0.25, 0.3) is 0 Å². The Kier molecular flexibility index (Phi) is 15.3. The van der Waals surface area contributed by atoms with Crippen LogP contribution < -0.4 is 10.2 Å². The van der Waals surface area contributed by atoms with E-state index in [1.807, 2.05) is 0 Å². The molecular formula is C20H34CoO4-2. The van der Waals surface area contributed by atoms with Crippen molar-refractivity contribution in [3.05, 3.63) is 0 Å². The van der Waals surface area contributed by atoms with E-state index in [9.17, 15) is 19.8 Å². The fourth-order valence-electron chi connectivity index (χ4n) is 4.02. The minimum atomic E-state index is -0.897. The molecular weight excluding hydrogens is 363 g/mol. The van der Waals surface area contributed by atoms with Crippen LogP contribution in [0, 0.1) is 11.8 Å². The number of hydrogen-bond acceptors (Lipinski definition) is 4. The Labute approximate surface area is 163 Å². The van der Waals surface area contributed by atoms with Gasteiger partial charge in [-0.05, 0) is 37.5 Å². The van der Waals surface area contributed by atoms with E-state index in [1.165, 1.54) is 64.2 Å². The third-order valence-electron chi connectivity index (χ3n) is 5.44. The number of carbonyl (C=O) groups is 2. The Hall–Kier alpha value is -0.554. The van der Waals surface area contributed by atoms with E-state index >= 15 is 0 Å². The van der Waals surface area contributed by atoms with E-state index in [2.05, 4.69) is 0 Å². The SMILES string of the molecule is O=C([O-])CCCC1CCCCC1.O=C([O-])CCCC1CCCCC1.[Co]. The average Bonchev–Trinajstić information content (AvgIpc) is 2.57. The molecule has 2 fully saturated rings. The zero-order valence-electron chi connectivity index (χ0n) is 15.4. The Morgan fingerprint density at radius 2 is 0.960 bits per heavy atom. The number of carboxylic acid groups (broad SMARTS) is 2. The molecule has 0 N–H and O–H groups in total. The summed E-state index contributed by atoms with van der Waals surface area (Å²) in [6.45, 7) is 0. The molecule has 4 nitrogen and oxygen atoms in total. The molecule has 0 aromatic carbocycles. The fourth-order valence-corrected chi connectivity index (χ4v) is 4.02. The molecule has 2 aliphatic carbocycles. The minimum Gasteiger partial charge on any atom is -0.550 e. The third kappa shape index (κ3) is 14.3. The Morgan fingerprint density at radius 3 is 1.24 bits per heavy atom. The summed E-state index contributed by atoms with van der Waals surface area (Å²) in [5.41, 5.74) is 0. The molecule has 2 rings (SSSR count). The van der Waals surface area contributed by atoms with Gasteiger partial charge in [-0.1, -0.05) is 77.0 Å². The average molecular weight is 397 g/mol. The van der Waals surface area contributed by atoms with Gasteiger partial charge in [0.2, 0.25) is 0 Å². The van der Waals surface area contributed by atoms with Gasteiger partial charge < -0.3 is 19.8 Å². The molecule has 25 heavy (non-hydrogen) atoms. The van der Waals surface area contributed by atoms with Gasteiger partial charge in [0.15, 0.2) is 0 Å². The molecule has 0 heterocycles. The van der Waals surface area contributed by atoms with Gasteiger partial charge in [-0.25, -0.2) is 0 Å². The molecule has 0 unspecified atom stereocenters. The summed E-state index contributed by atoms with van der Waals surface area (Å²) in [5, 5.41) is 20.3. The number of carbonyl (C=O) groups excluding carboxylic acids is 2. The van der Waals surface area contributed by atoms with Crippen LogP contribution in [0.15, 0.2) is 0 Å². The van der Waals surface area contributed by atoms with E-state index in [4.69, 9.17) is 0 Å². The van der Waals surface area contributed by atoms with Crippen molar-refractivity contribution in [3.63, 3.8) is 0 Å². The Bertz CT molecular complexity index is 314. The molecule has 0 atom stereocenters. The predicted octanol–water partition coefficient (Wildman–Crippen LogP) is 2.97. The van der Waals surface area contributed by atoms with Gasteiger partial charge >= 0.3 is 0 Å². The molecule has 0 aromatic heterocycles. The van der Waals surface area contributed by atoms with Crippen molar-refractivity contribution in [2.24, 2.45) is 11.8 Å². The van der Waals surface area contributed by atoms with E-state index in [-0.39, 0.29) is 29.6 Å². The molecule has 1 radical (unpaired) electrons. The second-order valence-corrected chi connectivity index (χ2v) is 7.54. The first kappa shape index (κ1) is 24.4. The van der Waals surface area contributed by atoms with Gasteiger partial charge in [-0.3, -0.25) is 0 Å². The smallest absolute Gasteiger partial charge is 0.0414 e. The first-order valence-corrected chi connectivity index (χ1v) is 9.97. The van der Waals surface area contributed by atoms with Crippen molar-refractivity contribution < 1.29 is 36.6 Å². The number of hydrogen-bond donors (Lipinski definition) is 0. The molecule has 2 aliphatic rings. The van der Waals surface area contributed by atoms with Crippen LogP contribution in [0.5, 0.6) is 0 Å². The third-order valence-corrected chi connectivity index (χ3v) is 5.44. The van der Waals surface area contributed by atoms with Crippen molar-refractivity contribution in [3.8, 4) is 0 Å². The second kappa shape index (κ2) is 15.7. The van der Waals surface area contributed by atoms with Crippen LogP contribution in [0.2, 0.25) is 0 Å². The Morgan fingerprint density at radius 1 is 0.640 bits per heavy atom. The van der Waals surface area contributed by atoms with Gasteiger partial charge in [-0.15, -0.1) is 0 Å². The summed E-state index contributed by atoms with van der Waals surface area (Å²) in [6.07, 6.45) is 17.7. The van der Waals surface area contributed by atoms with Crippen LogP contribution in [-0.4, -0.2) is 11.9 Å². The summed E-state index contributed by atoms with van der Waals surface area (Å²) in [4.78, 5) is 20.3. The number of aliphatic carboxylic acids is 2. The van der Waals surface area contributed by atoms with E-state index in [0.717, 1.165) is 37.5 Å². The first-order chi connectivity index (χ1) is 11.6. The molecule has 0 bridgehead atoms. The van der Waals surface area contributed by atoms with Crippen LogP contribution >= 0.6 is 0 Å². The molecule has 0 saturated heterocycles. The first-order valence-electron chi connectivity index (χ1n) is 9.97. The summed E-state index contributed by atoms with van der Waals surface area (Å²) < 4.78 is 0. The maximum atomic E-state index is 10.1. The van der Waals surface area contributed by atoms with Crippen LogP contribution in [0.3, 0.4) is 0 Å². The maximum Gasteiger partial charge on any atom is 0.0414 e. The summed E-state index contributed by atoms with van der Waals surface area (Å²) in [5.74, 6) is -0.187. The number of rotatable bonds is 8. The van der Waals surface area contributed by atoms with E-state index in [1.54, 1.807) is 0 Å². The number of carboxylic acids is 2. The fraction of sp³-hybridized carbons (Fsp3) is 0.900. The van der Waals surface area contributed by atoms with Gasteiger partial charge in [-0.2, -0.15) is 0 Å². The van der Waals surface area contributed by atoms with Gasteiger partial charge in [0.1, 0.15) is 0 Å². The van der Waals surface area contributed by atoms with E-state index in [0.29, 0.717) is 0 Å². The molecule has 5 heteroatoms. The molecule has 149 valence electrons. The van der Waals surface area contributed by atoms with Gasteiger partial charge in [0.05, 0.1) is 0 Å². The zero-order chi connectivity index (χ0) is 17.6. The minimum absolute atomic E-state index is 0. The van der Waals surface area contributed by atoms with Crippen LogP contribution in [0.4, 0.5) is 0 Å². The van der Waals surface area contributed by atoms with Crippen molar-refractivity contribution in [2.45, 2.75) is 103 Å². The predicted molar refractivity (Wildman–Crippen MR) is 90.9 cm³/mol. The van der Waals surface area contributed by atoms with Crippen LogP contribution in [-0.2, 0) is 26.4 Å². The molecule has 0 amide bonds. The second-order valence-electron chi connectivity index (χ2n) is 7.54. The van der Waals surface area contributed by atoms with Crippen LogP contribution in [0.25, 0.3) is 0 Å². The van der Waals surface area contributed by atoms with Crippen molar-refractivity contribution in [2.75, 3.05) is 0 Å². The van der Waals surface area contributed by atoms with Crippen LogP contribution in [0.1, 0.15) is 103 Å². The normalized spacial score (nSPS) is 18.6. The van der Waals surface area contributed by atoms with E-state index < -0.39 is 11.9 Å². The standard InChI is InChI=1S/2C10H18O2.Co/c2*11-10(12)8-4-7-9-5-2-1-3-6-9;/h2*9H,1-8H2,(H,11,12);/p-2. The summed E-state index contributed by atoms with van der Waals surface area (Å²) >= 11 is 0. The summed E-state index contributed by atoms with van der Waals surface area (Å²) in [6, 6.07) is 0.